The molecule has 2 fully saturated rings. The molecule has 2 atom stereocenters. The maximum Gasteiger partial charge on any atom is 0.233 e. The molecule has 5 rings (SSSR count). The molecule has 0 spiro atoms. The zero-order chi connectivity index (χ0) is 30.8. The number of nitrogens with zero attached hydrogens (tertiary/aromatic N) is 4. The summed E-state index contributed by atoms with van der Waals surface area (Å²) in [5.74, 6) is 1.33. The van der Waals surface area contributed by atoms with Crippen LogP contribution in [0.4, 0.5) is 5.13 Å². The van der Waals surface area contributed by atoms with Gasteiger partial charge in [0.05, 0.1) is 22.4 Å². The van der Waals surface area contributed by atoms with Crippen LogP contribution in [0, 0.1) is 5.92 Å². The highest BCUT2D eigenvalue weighted by Gasteiger charge is 2.42. The first-order valence-electron chi connectivity index (χ1n) is 15.0. The number of ether oxygens (including phenoxy) is 4. The van der Waals surface area contributed by atoms with Crippen molar-refractivity contribution < 1.29 is 28.2 Å². The SMILES string of the molecule is COCOc1c(-c2cnc(CO[C@H]3CCCC3O[Si](C)(C)C(C)(C)C)nc2)ccc2nc(N(COC)C(=O)C3CC3)sc12. The summed E-state index contributed by atoms with van der Waals surface area (Å²) in [7, 11) is 1.28. The van der Waals surface area contributed by atoms with Gasteiger partial charge in [-0.2, -0.15) is 0 Å². The molecule has 0 radical (unpaired) electrons. The Bertz CT molecular complexity index is 1410. The van der Waals surface area contributed by atoms with Gasteiger partial charge in [0.1, 0.15) is 19.1 Å². The van der Waals surface area contributed by atoms with E-state index in [2.05, 4.69) is 43.8 Å². The van der Waals surface area contributed by atoms with Crippen LogP contribution >= 0.6 is 11.3 Å². The first-order valence-corrected chi connectivity index (χ1v) is 18.7. The molecule has 2 aromatic heterocycles. The van der Waals surface area contributed by atoms with Crippen molar-refractivity contribution in [1.82, 2.24) is 15.0 Å². The van der Waals surface area contributed by atoms with E-state index >= 15 is 0 Å². The molecular weight excluding hydrogens is 585 g/mol. The van der Waals surface area contributed by atoms with Gasteiger partial charge in [-0.15, -0.1) is 0 Å². The second kappa shape index (κ2) is 13.3. The molecule has 3 aromatic rings. The second-order valence-electron chi connectivity index (χ2n) is 12.9. The Kier molecular flexibility index (Phi) is 9.84. The summed E-state index contributed by atoms with van der Waals surface area (Å²) in [5, 5.41) is 0.742. The molecule has 1 unspecified atom stereocenters. The molecule has 2 aliphatic carbocycles. The molecule has 12 heteroatoms. The predicted octanol–water partition coefficient (Wildman–Crippen LogP) is 6.54. The molecule has 1 amide bonds. The topological polar surface area (TPSA) is 105 Å². The molecule has 2 saturated carbocycles. The molecule has 0 bridgehead atoms. The van der Waals surface area contributed by atoms with Crippen molar-refractivity contribution in [1.29, 1.82) is 0 Å². The minimum Gasteiger partial charge on any atom is -0.465 e. The molecular formula is C31H44N4O6SSi. The molecule has 0 saturated heterocycles. The van der Waals surface area contributed by atoms with E-state index in [0.29, 0.717) is 23.3 Å². The second-order valence-corrected chi connectivity index (χ2v) is 18.6. The van der Waals surface area contributed by atoms with Gasteiger partial charge in [0.15, 0.2) is 26.1 Å². The zero-order valence-electron chi connectivity index (χ0n) is 26.3. The molecule has 2 aliphatic rings. The fraction of sp³-hybridized carbons (Fsp3) is 0.613. The molecule has 0 N–H and O–H groups in total. The summed E-state index contributed by atoms with van der Waals surface area (Å²) in [6, 6.07) is 3.87. The average molecular weight is 629 g/mol. The van der Waals surface area contributed by atoms with Gasteiger partial charge in [0, 0.05) is 43.7 Å². The normalized spacial score (nSPS) is 19.2. The van der Waals surface area contributed by atoms with Crippen molar-refractivity contribution >= 4 is 40.9 Å². The van der Waals surface area contributed by atoms with Gasteiger partial charge in [0.25, 0.3) is 0 Å². The van der Waals surface area contributed by atoms with Crippen LogP contribution in [-0.4, -0.2) is 69.1 Å². The van der Waals surface area contributed by atoms with E-state index in [0.717, 1.165) is 53.4 Å². The van der Waals surface area contributed by atoms with E-state index in [4.69, 9.17) is 28.4 Å². The number of benzene rings is 1. The number of hydrogen-bond donors (Lipinski definition) is 0. The van der Waals surface area contributed by atoms with Gasteiger partial charge in [-0.25, -0.2) is 15.0 Å². The maximum absolute atomic E-state index is 12.9. The van der Waals surface area contributed by atoms with E-state index in [1.165, 1.54) is 11.3 Å². The number of carbonyl (C=O) groups excluding carboxylic acids is 1. The largest absolute Gasteiger partial charge is 0.465 e. The van der Waals surface area contributed by atoms with E-state index in [9.17, 15) is 4.79 Å². The molecule has 0 aliphatic heterocycles. The highest BCUT2D eigenvalue weighted by atomic mass is 32.1. The number of thiazole rings is 1. The van der Waals surface area contributed by atoms with Crippen molar-refractivity contribution in [3.05, 3.63) is 30.4 Å². The van der Waals surface area contributed by atoms with Crippen LogP contribution in [0.2, 0.25) is 18.1 Å². The molecule has 43 heavy (non-hydrogen) atoms. The zero-order valence-corrected chi connectivity index (χ0v) is 28.2. The summed E-state index contributed by atoms with van der Waals surface area (Å²) >= 11 is 1.40. The van der Waals surface area contributed by atoms with E-state index in [-0.39, 0.29) is 42.6 Å². The van der Waals surface area contributed by atoms with E-state index in [1.54, 1.807) is 31.5 Å². The Morgan fingerprint density at radius 1 is 1.05 bits per heavy atom. The summed E-state index contributed by atoms with van der Waals surface area (Å²) in [6.45, 7) is 11.9. The Labute approximate surface area is 259 Å². The van der Waals surface area contributed by atoms with Gasteiger partial charge < -0.3 is 23.4 Å². The van der Waals surface area contributed by atoms with Crippen LogP contribution in [0.3, 0.4) is 0 Å². The number of carbonyl (C=O) groups is 1. The first-order chi connectivity index (χ1) is 20.5. The van der Waals surface area contributed by atoms with Gasteiger partial charge in [0.2, 0.25) is 5.91 Å². The Hall–Kier alpha value is -2.48. The number of aromatic nitrogens is 3. The van der Waals surface area contributed by atoms with Crippen molar-refractivity contribution in [2.75, 3.05) is 32.6 Å². The van der Waals surface area contributed by atoms with Crippen molar-refractivity contribution in [2.24, 2.45) is 5.92 Å². The number of amides is 1. The smallest absolute Gasteiger partial charge is 0.233 e. The van der Waals surface area contributed by atoms with Gasteiger partial charge >= 0.3 is 0 Å². The van der Waals surface area contributed by atoms with Crippen LogP contribution in [0.25, 0.3) is 21.3 Å². The standard InChI is InChI=1S/C31H44N4O6SSi/c1-31(2,3)43(6,7)41-25-10-8-9-24(25)39-17-26-32-15-21(16-33-26)22-13-14-23-28(27(22)40-19-38-5)42-30(34-23)35(18-37-4)29(36)20-11-12-20/h13-16,20,24-25H,8-12,17-19H2,1-7H3/t24-,25?/m0/s1. The van der Waals surface area contributed by atoms with E-state index in [1.807, 2.05) is 12.1 Å². The van der Waals surface area contributed by atoms with Crippen LogP contribution in [0.15, 0.2) is 24.5 Å². The lowest BCUT2D eigenvalue weighted by atomic mass is 10.1. The lowest BCUT2D eigenvalue weighted by Crippen LogP contribution is -2.46. The summed E-state index contributed by atoms with van der Waals surface area (Å²) < 4.78 is 30.5. The number of rotatable bonds is 13. The molecule has 2 heterocycles. The molecule has 1 aromatic carbocycles. The third-order valence-electron chi connectivity index (χ3n) is 8.59. The molecule has 10 nitrogen and oxygen atoms in total. The summed E-state index contributed by atoms with van der Waals surface area (Å²) in [5.41, 5.74) is 2.35. The number of methoxy groups -OCH3 is 2. The minimum absolute atomic E-state index is 0.0437. The monoisotopic (exact) mass is 628 g/mol. The Morgan fingerprint density at radius 2 is 1.77 bits per heavy atom. The third kappa shape index (κ3) is 7.26. The minimum atomic E-state index is -1.88. The fourth-order valence-electron chi connectivity index (χ4n) is 4.98. The number of hydrogen-bond acceptors (Lipinski definition) is 10. The summed E-state index contributed by atoms with van der Waals surface area (Å²) in [6.07, 6.45) is 8.69. The van der Waals surface area contributed by atoms with Crippen molar-refractivity contribution in [3.8, 4) is 16.9 Å². The number of anilines is 1. The lowest BCUT2D eigenvalue weighted by Gasteiger charge is -2.39. The third-order valence-corrected chi connectivity index (χ3v) is 14.2. The Balaban J connectivity index is 1.33. The maximum atomic E-state index is 12.9. The van der Waals surface area contributed by atoms with E-state index < -0.39 is 8.32 Å². The van der Waals surface area contributed by atoms with Crippen molar-refractivity contribution in [2.45, 2.75) is 89.8 Å². The molecule has 234 valence electrons. The highest BCUT2D eigenvalue weighted by Crippen LogP contribution is 2.43. The van der Waals surface area contributed by atoms with Crippen LogP contribution < -0.4 is 9.64 Å². The van der Waals surface area contributed by atoms with Gasteiger partial charge in [-0.05, 0) is 62.4 Å². The van der Waals surface area contributed by atoms with Gasteiger partial charge in [-0.1, -0.05) is 32.1 Å². The average Bonchev–Trinajstić information content (AvgIpc) is 3.59. The number of fused-ring (bicyclic) bond motifs is 1. The highest BCUT2D eigenvalue weighted by molar-refractivity contribution is 7.22. The Morgan fingerprint density at radius 3 is 2.42 bits per heavy atom. The first kappa shape index (κ1) is 31.9. The lowest BCUT2D eigenvalue weighted by molar-refractivity contribution is -0.120. The van der Waals surface area contributed by atoms with Crippen molar-refractivity contribution in [3.63, 3.8) is 0 Å². The van der Waals surface area contributed by atoms with Crippen LogP contribution in [-0.2, 0) is 30.0 Å². The quantitative estimate of drug-likeness (QED) is 0.154. The van der Waals surface area contributed by atoms with Crippen LogP contribution in [0.5, 0.6) is 5.75 Å². The van der Waals surface area contributed by atoms with Crippen LogP contribution in [0.1, 0.15) is 58.7 Å². The fourth-order valence-corrected chi connectivity index (χ4v) is 7.41. The van der Waals surface area contributed by atoms with Gasteiger partial charge in [-0.3, -0.25) is 9.69 Å². The summed E-state index contributed by atoms with van der Waals surface area (Å²) in [4.78, 5) is 28.6. The predicted molar refractivity (Wildman–Crippen MR) is 170 cm³/mol.